The molecule has 5 heteroatoms. The van der Waals surface area contributed by atoms with Crippen molar-refractivity contribution < 1.29 is 9.47 Å². The Hall–Kier alpha value is -1.36. The topological polar surface area (TPSA) is 56.3 Å². The van der Waals surface area contributed by atoms with Gasteiger partial charge in [-0.1, -0.05) is 0 Å². The van der Waals surface area contributed by atoms with Crippen molar-refractivity contribution in [2.45, 2.75) is 32.8 Å². The molecule has 1 saturated heterocycles. The number of ether oxygens (including phenoxy) is 2. The number of anilines is 1. The van der Waals surface area contributed by atoms with Crippen LogP contribution in [0.3, 0.4) is 0 Å². The Morgan fingerprint density at radius 2 is 2.41 bits per heavy atom. The third-order valence-electron chi connectivity index (χ3n) is 2.61. The van der Waals surface area contributed by atoms with Crippen LogP contribution in [-0.4, -0.2) is 35.8 Å². The van der Waals surface area contributed by atoms with Gasteiger partial charge in [-0.2, -0.15) is 4.98 Å². The fraction of sp³-hybridized carbons (Fsp3) is 0.667. The summed E-state index contributed by atoms with van der Waals surface area (Å²) >= 11 is 0. The van der Waals surface area contributed by atoms with Crippen LogP contribution in [0.5, 0.6) is 5.88 Å². The van der Waals surface area contributed by atoms with E-state index in [4.69, 9.17) is 9.47 Å². The summed E-state index contributed by atoms with van der Waals surface area (Å²) in [5.41, 5.74) is 0. The third-order valence-corrected chi connectivity index (χ3v) is 2.61. The summed E-state index contributed by atoms with van der Waals surface area (Å²) in [4.78, 5) is 8.52. The second-order valence-electron chi connectivity index (χ2n) is 4.11. The van der Waals surface area contributed by atoms with E-state index in [0.717, 1.165) is 31.8 Å². The lowest BCUT2D eigenvalue weighted by Crippen LogP contribution is -2.17. The molecule has 94 valence electrons. The molecule has 0 amide bonds. The zero-order valence-electron chi connectivity index (χ0n) is 10.4. The van der Waals surface area contributed by atoms with Gasteiger partial charge >= 0.3 is 0 Å². The number of aromatic nitrogens is 2. The fourth-order valence-electron chi connectivity index (χ4n) is 1.84. The largest absolute Gasteiger partial charge is 0.475 e. The zero-order chi connectivity index (χ0) is 12.1. The molecule has 0 saturated carbocycles. The van der Waals surface area contributed by atoms with Gasteiger partial charge in [0.25, 0.3) is 0 Å². The first-order valence-electron chi connectivity index (χ1n) is 6.12. The summed E-state index contributed by atoms with van der Waals surface area (Å²) in [7, 11) is 0. The first kappa shape index (κ1) is 12.1. The quantitative estimate of drug-likeness (QED) is 0.846. The highest BCUT2D eigenvalue weighted by Crippen LogP contribution is 2.16. The Kier molecular flexibility index (Phi) is 4.14. The van der Waals surface area contributed by atoms with Crippen molar-refractivity contribution in [3.63, 3.8) is 0 Å². The van der Waals surface area contributed by atoms with Gasteiger partial charge in [-0.05, 0) is 26.7 Å². The highest BCUT2D eigenvalue weighted by atomic mass is 16.5. The molecule has 2 rings (SSSR count). The average molecular weight is 237 g/mol. The van der Waals surface area contributed by atoms with Crippen LogP contribution in [0.25, 0.3) is 0 Å². The van der Waals surface area contributed by atoms with E-state index in [2.05, 4.69) is 15.3 Å². The molecule has 0 radical (unpaired) electrons. The third kappa shape index (κ3) is 3.56. The summed E-state index contributed by atoms with van der Waals surface area (Å²) in [5.74, 6) is 2.14. The van der Waals surface area contributed by atoms with Gasteiger partial charge < -0.3 is 14.8 Å². The molecule has 1 aromatic rings. The van der Waals surface area contributed by atoms with E-state index in [1.165, 1.54) is 0 Å². The van der Waals surface area contributed by atoms with E-state index in [1.54, 1.807) is 0 Å². The molecule has 1 aromatic heterocycles. The van der Waals surface area contributed by atoms with E-state index in [1.807, 2.05) is 19.9 Å². The highest BCUT2D eigenvalue weighted by molar-refractivity contribution is 5.38. The Bertz CT molecular complexity index is 365. The van der Waals surface area contributed by atoms with Crippen molar-refractivity contribution in [1.82, 2.24) is 9.97 Å². The van der Waals surface area contributed by atoms with Crippen molar-refractivity contribution in [3.8, 4) is 5.88 Å². The van der Waals surface area contributed by atoms with Gasteiger partial charge in [0.05, 0.1) is 6.10 Å². The van der Waals surface area contributed by atoms with Crippen molar-refractivity contribution in [2.24, 2.45) is 0 Å². The van der Waals surface area contributed by atoms with Crippen molar-refractivity contribution in [3.05, 3.63) is 11.9 Å². The van der Waals surface area contributed by atoms with E-state index in [0.29, 0.717) is 18.3 Å². The standard InChI is InChI=1S/C12H19N3O2/c1-3-13-11-7-12(15-9(2)14-11)17-8-10-5-4-6-16-10/h7,10H,3-6,8H2,1-2H3,(H,13,14,15). The average Bonchev–Trinajstić information content (AvgIpc) is 2.79. The van der Waals surface area contributed by atoms with Gasteiger partial charge in [-0.25, -0.2) is 4.98 Å². The number of rotatable bonds is 5. The van der Waals surface area contributed by atoms with Crippen molar-refractivity contribution in [1.29, 1.82) is 0 Å². The van der Waals surface area contributed by atoms with E-state index in [9.17, 15) is 0 Å². The smallest absolute Gasteiger partial charge is 0.218 e. The normalized spacial score (nSPS) is 19.3. The number of aryl methyl sites for hydroxylation is 1. The minimum absolute atomic E-state index is 0.216. The Labute approximate surface area is 102 Å². The number of nitrogens with zero attached hydrogens (tertiary/aromatic N) is 2. The molecule has 1 aliphatic heterocycles. The summed E-state index contributed by atoms with van der Waals surface area (Å²) in [6.45, 7) is 6.15. The van der Waals surface area contributed by atoms with Gasteiger partial charge in [-0.3, -0.25) is 0 Å². The minimum Gasteiger partial charge on any atom is -0.475 e. The maximum absolute atomic E-state index is 5.64. The molecule has 0 spiro atoms. The van der Waals surface area contributed by atoms with Crippen LogP contribution in [0.1, 0.15) is 25.6 Å². The highest BCUT2D eigenvalue weighted by Gasteiger charge is 2.16. The molecule has 17 heavy (non-hydrogen) atoms. The lowest BCUT2D eigenvalue weighted by molar-refractivity contribution is 0.0662. The first-order chi connectivity index (χ1) is 8.28. The molecule has 0 aliphatic carbocycles. The second-order valence-corrected chi connectivity index (χ2v) is 4.11. The van der Waals surface area contributed by atoms with E-state index < -0.39 is 0 Å². The van der Waals surface area contributed by atoms with Crippen molar-refractivity contribution in [2.75, 3.05) is 25.1 Å². The van der Waals surface area contributed by atoms with Gasteiger partial charge in [0.2, 0.25) is 5.88 Å². The molecule has 1 unspecified atom stereocenters. The Balaban J connectivity index is 1.94. The number of hydrogen-bond donors (Lipinski definition) is 1. The minimum atomic E-state index is 0.216. The van der Waals surface area contributed by atoms with Crippen LogP contribution in [0, 0.1) is 6.92 Å². The van der Waals surface area contributed by atoms with Gasteiger partial charge in [0.1, 0.15) is 18.2 Å². The molecule has 1 N–H and O–H groups in total. The molecule has 2 heterocycles. The maximum Gasteiger partial charge on any atom is 0.218 e. The predicted octanol–water partition coefficient (Wildman–Crippen LogP) is 1.77. The molecule has 0 bridgehead atoms. The molecule has 1 fully saturated rings. The fourth-order valence-corrected chi connectivity index (χ4v) is 1.84. The molecule has 0 aromatic carbocycles. The van der Waals surface area contributed by atoms with Crippen LogP contribution in [-0.2, 0) is 4.74 Å². The maximum atomic E-state index is 5.64. The number of nitrogens with one attached hydrogen (secondary N) is 1. The molecule has 5 nitrogen and oxygen atoms in total. The van der Waals surface area contributed by atoms with Crippen LogP contribution < -0.4 is 10.1 Å². The summed E-state index contributed by atoms with van der Waals surface area (Å²) in [5, 5.41) is 3.15. The van der Waals surface area contributed by atoms with E-state index >= 15 is 0 Å². The molecule has 1 aliphatic rings. The van der Waals surface area contributed by atoms with E-state index in [-0.39, 0.29) is 6.10 Å². The van der Waals surface area contributed by atoms with Crippen molar-refractivity contribution >= 4 is 5.82 Å². The molecule has 1 atom stereocenters. The monoisotopic (exact) mass is 237 g/mol. The Morgan fingerprint density at radius 1 is 1.53 bits per heavy atom. The van der Waals surface area contributed by atoms with Crippen LogP contribution in [0.15, 0.2) is 6.07 Å². The van der Waals surface area contributed by atoms with Gasteiger partial charge in [0, 0.05) is 19.2 Å². The second kappa shape index (κ2) is 5.82. The van der Waals surface area contributed by atoms with Crippen LogP contribution in [0.4, 0.5) is 5.82 Å². The Morgan fingerprint density at radius 3 is 3.12 bits per heavy atom. The molecular weight excluding hydrogens is 218 g/mol. The summed E-state index contributed by atoms with van der Waals surface area (Å²) < 4.78 is 11.1. The SMILES string of the molecule is CCNc1cc(OCC2CCCO2)nc(C)n1. The summed E-state index contributed by atoms with van der Waals surface area (Å²) in [6.07, 6.45) is 2.41. The lowest BCUT2D eigenvalue weighted by atomic mass is 10.2. The number of hydrogen-bond acceptors (Lipinski definition) is 5. The van der Waals surface area contributed by atoms with Gasteiger partial charge in [0.15, 0.2) is 0 Å². The first-order valence-corrected chi connectivity index (χ1v) is 6.12. The van der Waals surface area contributed by atoms with Gasteiger partial charge in [-0.15, -0.1) is 0 Å². The summed E-state index contributed by atoms with van der Waals surface area (Å²) in [6, 6.07) is 1.82. The van der Waals surface area contributed by atoms with Crippen LogP contribution in [0.2, 0.25) is 0 Å². The van der Waals surface area contributed by atoms with Crippen LogP contribution >= 0.6 is 0 Å². The molecular formula is C12H19N3O2. The predicted molar refractivity (Wildman–Crippen MR) is 65.4 cm³/mol. The zero-order valence-corrected chi connectivity index (χ0v) is 10.4. The lowest BCUT2D eigenvalue weighted by Gasteiger charge is -2.12.